The van der Waals surface area contributed by atoms with Crippen molar-refractivity contribution in [1.29, 1.82) is 10.8 Å². The molecule has 0 radical (unpaired) electrons. The topological polar surface area (TPSA) is 100 Å². The van der Waals surface area contributed by atoms with E-state index in [-0.39, 0.29) is 34.4 Å². The number of fused-ring (bicyclic) bond motifs is 1. The minimum absolute atomic E-state index is 0.131. The Hall–Kier alpha value is -3.56. The van der Waals surface area contributed by atoms with Crippen LogP contribution >= 0.6 is 0 Å². The van der Waals surface area contributed by atoms with Gasteiger partial charge in [-0.05, 0) is 44.0 Å². The molecule has 0 spiro atoms. The smallest absolute Gasteiger partial charge is 0.148 e. The van der Waals surface area contributed by atoms with Crippen molar-refractivity contribution in [1.82, 2.24) is 14.8 Å². The Labute approximate surface area is 176 Å². The van der Waals surface area contributed by atoms with Crippen LogP contribution in [0.2, 0.25) is 0 Å². The Kier molecular flexibility index (Phi) is 7.11. The van der Waals surface area contributed by atoms with E-state index in [0.717, 1.165) is 10.7 Å². The van der Waals surface area contributed by atoms with Gasteiger partial charge < -0.3 is 4.84 Å². The van der Waals surface area contributed by atoms with Crippen molar-refractivity contribution in [3.8, 4) is 0 Å². The number of benzene rings is 1. The van der Waals surface area contributed by atoms with Gasteiger partial charge in [0.2, 0.25) is 0 Å². The molecule has 2 N–H and O–H groups in total. The number of alkyl halides is 1. The van der Waals surface area contributed by atoms with Gasteiger partial charge in [-0.2, -0.15) is 5.10 Å². The Morgan fingerprint density at radius 1 is 1.23 bits per heavy atom. The summed E-state index contributed by atoms with van der Waals surface area (Å²) in [5, 5.41) is 24.5. The van der Waals surface area contributed by atoms with Gasteiger partial charge in [0.05, 0.1) is 12.2 Å². The molecule has 3 aromatic rings. The molecule has 0 bridgehead atoms. The van der Waals surface area contributed by atoms with Crippen LogP contribution in [0.5, 0.6) is 0 Å². The fourth-order valence-corrected chi connectivity index (χ4v) is 2.87. The number of pyridine rings is 1. The van der Waals surface area contributed by atoms with Gasteiger partial charge in [0, 0.05) is 29.6 Å². The third-order valence-corrected chi connectivity index (χ3v) is 4.52. The van der Waals surface area contributed by atoms with Crippen LogP contribution in [0.1, 0.15) is 31.0 Å². The third kappa shape index (κ3) is 5.14. The number of halogens is 3. The van der Waals surface area contributed by atoms with Crippen LogP contribution in [0, 0.1) is 22.5 Å². The highest BCUT2D eigenvalue weighted by molar-refractivity contribution is 5.96. The van der Waals surface area contributed by atoms with Crippen molar-refractivity contribution in [2.45, 2.75) is 26.2 Å². The number of unbranched alkanes of at least 4 members (excludes halogenated alkanes) is 1. The number of nitrogens with zero attached hydrogens (tertiary/aromatic N) is 4. The molecule has 31 heavy (non-hydrogen) atoms. The molecule has 10 heteroatoms. The SMILES string of the molecule is C/C(=N\OCCCCF)c1ccc(=N)n(C(=N)Cc2c(F)cc3ncccc3c2F)n1. The molecular weight excluding hydrogens is 409 g/mol. The van der Waals surface area contributed by atoms with E-state index >= 15 is 0 Å². The summed E-state index contributed by atoms with van der Waals surface area (Å²) in [6, 6.07) is 7.07. The molecule has 0 saturated heterocycles. The molecule has 2 heterocycles. The lowest BCUT2D eigenvalue weighted by atomic mass is 10.1. The van der Waals surface area contributed by atoms with E-state index in [4.69, 9.17) is 15.7 Å². The molecule has 0 saturated carbocycles. The van der Waals surface area contributed by atoms with E-state index in [1.54, 1.807) is 13.0 Å². The fourth-order valence-electron chi connectivity index (χ4n) is 2.87. The molecule has 0 aliphatic heterocycles. The molecule has 0 amide bonds. The molecule has 0 aliphatic rings. The lowest BCUT2D eigenvalue weighted by Gasteiger charge is -2.12. The van der Waals surface area contributed by atoms with Crippen LogP contribution in [0.15, 0.2) is 41.7 Å². The van der Waals surface area contributed by atoms with Crippen molar-refractivity contribution in [2.24, 2.45) is 5.16 Å². The van der Waals surface area contributed by atoms with Gasteiger partial charge in [0.15, 0.2) is 0 Å². The minimum atomic E-state index is -0.823. The predicted molar refractivity (Wildman–Crippen MR) is 110 cm³/mol. The Balaban J connectivity index is 1.84. The molecule has 1 aromatic carbocycles. The molecule has 0 aliphatic carbocycles. The molecular formula is C21H21F3N6O. The molecule has 0 unspecified atom stereocenters. The van der Waals surface area contributed by atoms with Gasteiger partial charge in [-0.1, -0.05) is 5.16 Å². The van der Waals surface area contributed by atoms with Crippen LogP contribution in [0.25, 0.3) is 10.9 Å². The van der Waals surface area contributed by atoms with Gasteiger partial charge in [-0.25, -0.2) is 13.5 Å². The first-order chi connectivity index (χ1) is 14.9. The fraction of sp³-hybridized carbons (Fsp3) is 0.286. The van der Waals surface area contributed by atoms with Crippen LogP contribution in [-0.4, -0.2) is 39.6 Å². The number of hydrogen-bond acceptors (Lipinski definition) is 6. The first-order valence-corrected chi connectivity index (χ1v) is 9.59. The minimum Gasteiger partial charge on any atom is -0.396 e. The van der Waals surface area contributed by atoms with Gasteiger partial charge >= 0.3 is 0 Å². The second-order valence-corrected chi connectivity index (χ2v) is 6.77. The largest absolute Gasteiger partial charge is 0.396 e. The lowest BCUT2D eigenvalue weighted by molar-refractivity contribution is 0.138. The first-order valence-electron chi connectivity index (χ1n) is 9.59. The van der Waals surface area contributed by atoms with Crippen molar-refractivity contribution in [3.63, 3.8) is 0 Å². The first kappa shape index (κ1) is 22.1. The second-order valence-electron chi connectivity index (χ2n) is 6.77. The highest BCUT2D eigenvalue weighted by atomic mass is 19.1. The Morgan fingerprint density at radius 2 is 2.03 bits per heavy atom. The maximum Gasteiger partial charge on any atom is 0.148 e. The zero-order valence-corrected chi connectivity index (χ0v) is 16.8. The van der Waals surface area contributed by atoms with Gasteiger partial charge in [0.25, 0.3) is 0 Å². The predicted octanol–water partition coefficient (Wildman–Crippen LogP) is 3.75. The summed E-state index contributed by atoms with van der Waals surface area (Å²) in [7, 11) is 0. The van der Waals surface area contributed by atoms with Gasteiger partial charge in [-0.3, -0.25) is 20.2 Å². The quantitative estimate of drug-likeness (QED) is 0.246. The van der Waals surface area contributed by atoms with Crippen molar-refractivity contribution >= 4 is 22.5 Å². The summed E-state index contributed by atoms with van der Waals surface area (Å²) < 4.78 is 42.4. The van der Waals surface area contributed by atoms with E-state index in [9.17, 15) is 13.2 Å². The monoisotopic (exact) mass is 430 g/mol. The van der Waals surface area contributed by atoms with E-state index in [1.807, 2.05) is 0 Å². The van der Waals surface area contributed by atoms with Crippen molar-refractivity contribution < 1.29 is 18.0 Å². The molecule has 0 atom stereocenters. The highest BCUT2D eigenvalue weighted by Crippen LogP contribution is 2.23. The van der Waals surface area contributed by atoms with E-state index in [2.05, 4.69) is 15.2 Å². The van der Waals surface area contributed by atoms with E-state index in [1.165, 1.54) is 24.4 Å². The Bertz CT molecular complexity index is 1190. The van der Waals surface area contributed by atoms with Gasteiger partial charge in [0.1, 0.15) is 41.0 Å². The number of oxime groups is 1. The summed E-state index contributed by atoms with van der Waals surface area (Å²) >= 11 is 0. The normalized spacial score (nSPS) is 11.7. The summed E-state index contributed by atoms with van der Waals surface area (Å²) in [5.74, 6) is -1.91. The average molecular weight is 430 g/mol. The van der Waals surface area contributed by atoms with Crippen LogP contribution in [0.4, 0.5) is 13.2 Å². The van der Waals surface area contributed by atoms with Crippen molar-refractivity contribution in [3.05, 3.63) is 64.9 Å². The maximum absolute atomic E-state index is 14.8. The van der Waals surface area contributed by atoms with Crippen LogP contribution in [0.3, 0.4) is 0 Å². The molecule has 162 valence electrons. The van der Waals surface area contributed by atoms with Crippen LogP contribution < -0.4 is 5.49 Å². The number of hydrogen-bond donors (Lipinski definition) is 2. The molecule has 2 aromatic heterocycles. The zero-order valence-electron chi connectivity index (χ0n) is 16.8. The molecule has 3 rings (SSSR count). The lowest BCUT2D eigenvalue weighted by Crippen LogP contribution is -2.31. The standard InChI is InChI=1S/C21H21F3N6O/c1-13(29-31-10-3-2-8-22)17-6-7-19(25)30(28-17)20(26)11-15-16(23)12-18-14(21(15)24)5-4-9-27-18/h4-7,9,12,25-26H,2-3,8,10-11H2,1H3/b25-19?,26-20?,29-13+. The molecule has 7 nitrogen and oxygen atoms in total. The third-order valence-electron chi connectivity index (χ3n) is 4.52. The second kappa shape index (κ2) is 9.96. The zero-order chi connectivity index (χ0) is 22.4. The number of rotatable bonds is 8. The van der Waals surface area contributed by atoms with Crippen LogP contribution in [-0.2, 0) is 11.3 Å². The van der Waals surface area contributed by atoms with Crippen molar-refractivity contribution in [2.75, 3.05) is 13.3 Å². The average Bonchev–Trinajstić information content (AvgIpc) is 2.76. The Morgan fingerprint density at radius 3 is 2.81 bits per heavy atom. The number of nitrogens with one attached hydrogen (secondary N) is 2. The van der Waals surface area contributed by atoms with E-state index < -0.39 is 24.7 Å². The molecule has 0 fully saturated rings. The van der Waals surface area contributed by atoms with Gasteiger partial charge in [-0.15, -0.1) is 0 Å². The number of aromatic nitrogens is 3. The summed E-state index contributed by atoms with van der Waals surface area (Å²) in [6.07, 6.45) is 1.94. The summed E-state index contributed by atoms with van der Waals surface area (Å²) in [6.45, 7) is 1.46. The highest BCUT2D eigenvalue weighted by Gasteiger charge is 2.17. The summed E-state index contributed by atoms with van der Waals surface area (Å²) in [4.78, 5) is 9.06. The summed E-state index contributed by atoms with van der Waals surface area (Å²) in [5.41, 5.74) is 0.464. The maximum atomic E-state index is 14.8. The van der Waals surface area contributed by atoms with E-state index in [0.29, 0.717) is 24.2 Å².